The van der Waals surface area contributed by atoms with E-state index < -0.39 is 30.5 Å². The van der Waals surface area contributed by atoms with Crippen molar-refractivity contribution in [1.82, 2.24) is 4.90 Å². The zero-order valence-electron chi connectivity index (χ0n) is 16.5. The van der Waals surface area contributed by atoms with Crippen LogP contribution < -0.4 is 0 Å². The molecule has 30 heavy (non-hydrogen) atoms. The topological polar surface area (TPSA) is 72.9 Å². The summed E-state index contributed by atoms with van der Waals surface area (Å²) in [6, 6.07) is 19.7. The molecule has 1 amide bonds. The highest BCUT2D eigenvalue weighted by Gasteiger charge is 2.35. The summed E-state index contributed by atoms with van der Waals surface area (Å²) in [4.78, 5) is 39.2. The first-order valence-corrected chi connectivity index (χ1v) is 9.67. The monoisotopic (exact) mass is 403 g/mol. The van der Waals surface area contributed by atoms with E-state index >= 15 is 0 Å². The zero-order valence-corrected chi connectivity index (χ0v) is 16.5. The molecule has 0 fully saturated rings. The summed E-state index contributed by atoms with van der Waals surface area (Å²) in [5.74, 6) is -1.50. The van der Waals surface area contributed by atoms with Crippen molar-refractivity contribution < 1.29 is 23.9 Å². The highest BCUT2D eigenvalue weighted by molar-refractivity contribution is 6.05. The predicted octanol–water partition coefficient (Wildman–Crippen LogP) is 3.12. The average molecular weight is 403 g/mol. The highest BCUT2D eigenvalue weighted by atomic mass is 16.5. The van der Waals surface area contributed by atoms with Crippen LogP contribution in [0.4, 0.5) is 0 Å². The summed E-state index contributed by atoms with van der Waals surface area (Å²) in [6.45, 7) is -0.182. The van der Waals surface area contributed by atoms with E-state index in [1.54, 1.807) is 12.1 Å². The van der Waals surface area contributed by atoms with E-state index in [0.717, 1.165) is 21.9 Å². The van der Waals surface area contributed by atoms with Crippen LogP contribution in [-0.4, -0.2) is 42.5 Å². The SMILES string of the molecule is COC(=O)[C@H]1Cc2ccccc2CN1C(=O)COC(=O)c1cccc2ccccc12. The third-order valence-corrected chi connectivity index (χ3v) is 5.38. The van der Waals surface area contributed by atoms with Gasteiger partial charge in [0.1, 0.15) is 6.04 Å². The predicted molar refractivity (Wildman–Crippen MR) is 111 cm³/mol. The lowest BCUT2D eigenvalue weighted by Crippen LogP contribution is -2.50. The van der Waals surface area contributed by atoms with Gasteiger partial charge < -0.3 is 14.4 Å². The van der Waals surface area contributed by atoms with E-state index in [-0.39, 0.29) is 6.54 Å². The van der Waals surface area contributed by atoms with Crippen LogP contribution in [0, 0.1) is 0 Å². The third-order valence-electron chi connectivity index (χ3n) is 5.38. The van der Waals surface area contributed by atoms with Gasteiger partial charge in [0.15, 0.2) is 6.61 Å². The number of carbonyl (C=O) groups excluding carboxylic acids is 3. The molecule has 3 aromatic rings. The number of carbonyl (C=O) groups is 3. The Bertz CT molecular complexity index is 1120. The molecule has 3 aromatic carbocycles. The van der Waals surface area contributed by atoms with Crippen molar-refractivity contribution in [2.75, 3.05) is 13.7 Å². The van der Waals surface area contributed by atoms with Gasteiger partial charge in [-0.3, -0.25) is 4.79 Å². The molecule has 6 heteroatoms. The Labute approximate surface area is 174 Å². The van der Waals surface area contributed by atoms with Crippen molar-refractivity contribution in [2.45, 2.75) is 19.0 Å². The minimum absolute atomic E-state index is 0.264. The molecule has 0 aromatic heterocycles. The zero-order chi connectivity index (χ0) is 21.1. The lowest BCUT2D eigenvalue weighted by Gasteiger charge is -2.35. The second kappa shape index (κ2) is 8.37. The van der Waals surface area contributed by atoms with Crippen LogP contribution in [0.5, 0.6) is 0 Å². The number of benzene rings is 3. The average Bonchev–Trinajstić information content (AvgIpc) is 2.80. The van der Waals surface area contributed by atoms with E-state index in [4.69, 9.17) is 9.47 Å². The van der Waals surface area contributed by atoms with Gasteiger partial charge in [-0.2, -0.15) is 0 Å². The van der Waals surface area contributed by atoms with Crippen molar-refractivity contribution in [3.05, 3.63) is 83.4 Å². The molecule has 0 aliphatic carbocycles. The molecule has 0 radical (unpaired) electrons. The normalized spacial score (nSPS) is 15.4. The van der Waals surface area contributed by atoms with Crippen LogP contribution in [0.1, 0.15) is 21.5 Å². The van der Waals surface area contributed by atoms with Crippen LogP contribution >= 0.6 is 0 Å². The minimum atomic E-state index is -0.742. The van der Waals surface area contributed by atoms with Gasteiger partial charge in [-0.05, 0) is 28.0 Å². The number of fused-ring (bicyclic) bond motifs is 2. The fraction of sp³-hybridized carbons (Fsp3) is 0.208. The summed E-state index contributed by atoms with van der Waals surface area (Å²) >= 11 is 0. The Morgan fingerprint density at radius 1 is 0.933 bits per heavy atom. The molecular weight excluding hydrogens is 382 g/mol. The molecule has 0 saturated heterocycles. The van der Waals surface area contributed by atoms with Crippen LogP contribution in [0.15, 0.2) is 66.7 Å². The van der Waals surface area contributed by atoms with Gasteiger partial charge in [0.2, 0.25) is 0 Å². The summed E-state index contributed by atoms with van der Waals surface area (Å²) in [5, 5.41) is 1.67. The molecular formula is C24H21NO5. The number of methoxy groups -OCH3 is 1. The highest BCUT2D eigenvalue weighted by Crippen LogP contribution is 2.24. The molecule has 152 valence electrons. The van der Waals surface area contributed by atoms with E-state index in [9.17, 15) is 14.4 Å². The number of hydrogen-bond donors (Lipinski definition) is 0. The van der Waals surface area contributed by atoms with Crippen molar-refractivity contribution >= 4 is 28.6 Å². The molecule has 6 nitrogen and oxygen atoms in total. The molecule has 1 heterocycles. The molecule has 1 aliphatic rings. The number of esters is 2. The number of amides is 1. The van der Waals surface area contributed by atoms with Gasteiger partial charge in [-0.1, -0.05) is 60.7 Å². The molecule has 0 spiro atoms. The first kappa shape index (κ1) is 19.6. The summed E-state index contributed by atoms with van der Waals surface area (Å²) in [6.07, 6.45) is 0.367. The molecule has 0 saturated carbocycles. The third kappa shape index (κ3) is 3.76. The van der Waals surface area contributed by atoms with Gasteiger partial charge in [-0.15, -0.1) is 0 Å². The van der Waals surface area contributed by atoms with Gasteiger partial charge in [0.05, 0.1) is 12.7 Å². The smallest absolute Gasteiger partial charge is 0.339 e. The van der Waals surface area contributed by atoms with Crippen LogP contribution in [0.3, 0.4) is 0 Å². The fourth-order valence-electron chi connectivity index (χ4n) is 3.82. The second-order valence-electron chi connectivity index (χ2n) is 7.14. The molecule has 4 rings (SSSR count). The maximum atomic E-state index is 12.9. The van der Waals surface area contributed by atoms with Gasteiger partial charge in [0.25, 0.3) is 5.91 Å². The fourth-order valence-corrected chi connectivity index (χ4v) is 3.82. The summed E-state index contributed by atoms with van der Waals surface area (Å²) in [5.41, 5.74) is 2.37. The van der Waals surface area contributed by atoms with Crippen molar-refractivity contribution in [2.24, 2.45) is 0 Å². The van der Waals surface area contributed by atoms with Gasteiger partial charge in [0, 0.05) is 13.0 Å². The van der Waals surface area contributed by atoms with E-state index in [0.29, 0.717) is 12.0 Å². The van der Waals surface area contributed by atoms with Crippen molar-refractivity contribution in [3.63, 3.8) is 0 Å². The largest absolute Gasteiger partial charge is 0.467 e. The summed E-state index contributed by atoms with van der Waals surface area (Å²) < 4.78 is 10.2. The first-order valence-electron chi connectivity index (χ1n) is 9.67. The minimum Gasteiger partial charge on any atom is -0.467 e. The molecule has 0 N–H and O–H groups in total. The maximum Gasteiger partial charge on any atom is 0.339 e. The Balaban J connectivity index is 1.51. The van der Waals surface area contributed by atoms with Crippen LogP contribution in [-0.2, 0) is 32.0 Å². The Morgan fingerprint density at radius 3 is 2.43 bits per heavy atom. The number of rotatable bonds is 4. The number of ether oxygens (including phenoxy) is 2. The Morgan fingerprint density at radius 2 is 1.63 bits per heavy atom. The number of hydrogen-bond acceptors (Lipinski definition) is 5. The van der Waals surface area contributed by atoms with E-state index in [1.165, 1.54) is 12.0 Å². The Hall–Kier alpha value is -3.67. The number of nitrogens with zero attached hydrogens (tertiary/aromatic N) is 1. The molecule has 0 bridgehead atoms. The summed E-state index contributed by atoms with van der Waals surface area (Å²) in [7, 11) is 1.30. The maximum absolute atomic E-state index is 12.9. The van der Waals surface area contributed by atoms with Gasteiger partial charge >= 0.3 is 11.9 Å². The first-order chi connectivity index (χ1) is 14.6. The van der Waals surface area contributed by atoms with Gasteiger partial charge in [-0.25, -0.2) is 9.59 Å². The second-order valence-corrected chi connectivity index (χ2v) is 7.14. The molecule has 1 aliphatic heterocycles. The lowest BCUT2D eigenvalue weighted by atomic mass is 9.94. The standard InChI is InChI=1S/C24H21NO5/c1-29-24(28)21-13-17-8-2-3-9-18(17)14-25(21)22(26)15-30-23(27)20-12-6-10-16-7-4-5-11-19(16)20/h2-12,21H,13-15H2,1H3/t21-/m1/s1. The Kier molecular flexibility index (Phi) is 5.48. The van der Waals surface area contributed by atoms with E-state index in [2.05, 4.69) is 0 Å². The van der Waals surface area contributed by atoms with E-state index in [1.807, 2.05) is 54.6 Å². The quantitative estimate of drug-likeness (QED) is 0.626. The van der Waals surface area contributed by atoms with Crippen molar-refractivity contribution in [1.29, 1.82) is 0 Å². The lowest BCUT2D eigenvalue weighted by molar-refractivity contribution is -0.155. The van der Waals surface area contributed by atoms with Crippen LogP contribution in [0.2, 0.25) is 0 Å². The molecule has 0 unspecified atom stereocenters. The van der Waals surface area contributed by atoms with Crippen LogP contribution in [0.25, 0.3) is 10.8 Å². The van der Waals surface area contributed by atoms with Crippen molar-refractivity contribution in [3.8, 4) is 0 Å². The molecule has 1 atom stereocenters.